The third kappa shape index (κ3) is 3.92. The molecule has 0 aliphatic carbocycles. The summed E-state index contributed by atoms with van der Waals surface area (Å²) >= 11 is 0. The Morgan fingerprint density at radius 3 is 2.46 bits per heavy atom. The highest BCUT2D eigenvalue weighted by molar-refractivity contribution is 5.66. The maximum Gasteiger partial charge on any atom is 0.163 e. The number of hydrazine groups is 1. The van der Waals surface area contributed by atoms with E-state index in [1.54, 1.807) is 26.4 Å². The van der Waals surface area contributed by atoms with Crippen molar-refractivity contribution in [3.63, 3.8) is 0 Å². The Kier molecular flexibility index (Phi) is 5.62. The predicted octanol–water partition coefficient (Wildman–Crippen LogP) is 4.14. The van der Waals surface area contributed by atoms with Crippen LogP contribution in [0.15, 0.2) is 54.6 Å². The summed E-state index contributed by atoms with van der Waals surface area (Å²) in [4.78, 5) is 2.31. The first-order valence-electron chi connectivity index (χ1n) is 11.8. The SMILES string of the molecule is COc1ccc(C2NNC3c4cc5c(cc4N(Cc4cccc(F)c4)CC23)OCCO5)cc1OC. The van der Waals surface area contributed by atoms with E-state index in [1.165, 1.54) is 6.07 Å². The van der Waals surface area contributed by atoms with E-state index in [-0.39, 0.29) is 23.8 Å². The minimum absolute atomic E-state index is 0.0381. The second-order valence-corrected chi connectivity index (χ2v) is 9.09. The van der Waals surface area contributed by atoms with Crippen molar-refractivity contribution in [2.75, 3.05) is 38.9 Å². The van der Waals surface area contributed by atoms with Crippen molar-refractivity contribution in [1.82, 2.24) is 10.9 Å². The highest BCUT2D eigenvalue weighted by Crippen LogP contribution is 2.50. The van der Waals surface area contributed by atoms with Crippen molar-refractivity contribution < 1.29 is 23.3 Å². The van der Waals surface area contributed by atoms with E-state index < -0.39 is 0 Å². The number of fused-ring (bicyclic) bond motifs is 4. The summed E-state index contributed by atoms with van der Waals surface area (Å²) in [6.45, 7) is 2.43. The Labute approximate surface area is 203 Å². The van der Waals surface area contributed by atoms with Gasteiger partial charge >= 0.3 is 0 Å². The molecule has 0 spiro atoms. The van der Waals surface area contributed by atoms with Gasteiger partial charge in [0.15, 0.2) is 23.0 Å². The zero-order chi connectivity index (χ0) is 23.9. The number of anilines is 1. The number of benzene rings is 3. The fourth-order valence-electron chi connectivity index (χ4n) is 5.46. The molecule has 3 aliphatic heterocycles. The van der Waals surface area contributed by atoms with Crippen LogP contribution in [0.25, 0.3) is 0 Å². The molecule has 0 amide bonds. The van der Waals surface area contributed by atoms with Gasteiger partial charge in [-0.05, 0) is 47.0 Å². The van der Waals surface area contributed by atoms with Crippen LogP contribution >= 0.6 is 0 Å². The Morgan fingerprint density at radius 1 is 0.914 bits per heavy atom. The molecule has 0 saturated carbocycles. The van der Waals surface area contributed by atoms with E-state index in [9.17, 15) is 4.39 Å². The second kappa shape index (κ2) is 8.94. The van der Waals surface area contributed by atoms with Gasteiger partial charge in [-0.1, -0.05) is 18.2 Å². The molecular formula is C27H28FN3O4. The van der Waals surface area contributed by atoms with Crippen molar-refractivity contribution >= 4 is 5.69 Å². The first kappa shape index (κ1) is 22.0. The first-order chi connectivity index (χ1) is 17.1. The topological polar surface area (TPSA) is 64.2 Å². The molecule has 3 aromatic rings. The van der Waals surface area contributed by atoms with Crippen molar-refractivity contribution in [1.29, 1.82) is 0 Å². The molecule has 35 heavy (non-hydrogen) atoms. The van der Waals surface area contributed by atoms with E-state index in [0.717, 1.165) is 40.4 Å². The van der Waals surface area contributed by atoms with E-state index in [2.05, 4.69) is 34.0 Å². The number of nitrogens with zero attached hydrogens (tertiary/aromatic N) is 1. The fourth-order valence-corrected chi connectivity index (χ4v) is 5.46. The zero-order valence-electron chi connectivity index (χ0n) is 19.7. The number of ether oxygens (including phenoxy) is 4. The van der Waals surface area contributed by atoms with Crippen molar-refractivity contribution in [3.8, 4) is 23.0 Å². The van der Waals surface area contributed by atoms with Gasteiger partial charge in [-0.25, -0.2) is 15.2 Å². The maximum absolute atomic E-state index is 14.0. The molecule has 1 saturated heterocycles. The third-order valence-electron chi connectivity index (χ3n) is 7.08. The van der Waals surface area contributed by atoms with Crippen molar-refractivity contribution in [2.24, 2.45) is 5.92 Å². The van der Waals surface area contributed by atoms with E-state index in [4.69, 9.17) is 18.9 Å². The lowest BCUT2D eigenvalue weighted by molar-refractivity contribution is 0.171. The summed E-state index contributed by atoms with van der Waals surface area (Å²) in [6.07, 6.45) is 0. The Morgan fingerprint density at radius 2 is 1.69 bits per heavy atom. The Balaban J connectivity index is 1.39. The normalized spacial score (nSPS) is 22.4. The van der Waals surface area contributed by atoms with Gasteiger partial charge in [0.2, 0.25) is 0 Å². The van der Waals surface area contributed by atoms with Gasteiger partial charge in [0, 0.05) is 30.8 Å². The Bertz CT molecular complexity index is 1250. The van der Waals surface area contributed by atoms with Crippen LogP contribution < -0.4 is 34.7 Å². The number of halogens is 1. The third-order valence-corrected chi connectivity index (χ3v) is 7.08. The predicted molar refractivity (Wildman–Crippen MR) is 130 cm³/mol. The molecular weight excluding hydrogens is 449 g/mol. The van der Waals surface area contributed by atoms with Crippen LogP contribution in [0.3, 0.4) is 0 Å². The lowest BCUT2D eigenvalue weighted by Crippen LogP contribution is -2.39. The monoisotopic (exact) mass is 477 g/mol. The van der Waals surface area contributed by atoms with E-state index in [0.29, 0.717) is 31.3 Å². The van der Waals surface area contributed by atoms with E-state index >= 15 is 0 Å². The highest BCUT2D eigenvalue weighted by Gasteiger charge is 2.44. The highest BCUT2D eigenvalue weighted by atomic mass is 19.1. The summed E-state index contributed by atoms with van der Waals surface area (Å²) < 4.78 is 36.7. The summed E-state index contributed by atoms with van der Waals surface area (Å²) in [7, 11) is 3.28. The molecule has 3 aliphatic rings. The number of hydrogen-bond donors (Lipinski definition) is 2. The molecule has 3 atom stereocenters. The molecule has 182 valence electrons. The molecule has 3 heterocycles. The van der Waals surface area contributed by atoms with Crippen LogP contribution in [0.1, 0.15) is 28.8 Å². The van der Waals surface area contributed by atoms with Crippen LogP contribution in [0.2, 0.25) is 0 Å². The van der Waals surface area contributed by atoms with Gasteiger partial charge in [-0.2, -0.15) is 0 Å². The second-order valence-electron chi connectivity index (χ2n) is 9.09. The molecule has 0 bridgehead atoms. The molecule has 7 nitrogen and oxygen atoms in total. The molecule has 1 fully saturated rings. The molecule has 0 radical (unpaired) electrons. The first-order valence-corrected chi connectivity index (χ1v) is 11.8. The van der Waals surface area contributed by atoms with Crippen LogP contribution in [-0.4, -0.2) is 34.0 Å². The minimum atomic E-state index is -0.229. The molecule has 8 heteroatoms. The van der Waals surface area contributed by atoms with Crippen LogP contribution in [0.5, 0.6) is 23.0 Å². The molecule has 6 rings (SSSR count). The average molecular weight is 478 g/mol. The summed E-state index contributed by atoms with van der Waals surface area (Å²) in [5.74, 6) is 2.88. The van der Waals surface area contributed by atoms with Gasteiger partial charge in [-0.3, -0.25) is 0 Å². The average Bonchev–Trinajstić information content (AvgIpc) is 3.31. The number of methoxy groups -OCH3 is 2. The number of rotatable bonds is 5. The molecule has 3 aromatic carbocycles. The number of hydrogen-bond acceptors (Lipinski definition) is 7. The van der Waals surface area contributed by atoms with Gasteiger partial charge < -0.3 is 23.8 Å². The molecule has 3 unspecified atom stereocenters. The maximum atomic E-state index is 14.0. The van der Waals surface area contributed by atoms with Crippen molar-refractivity contribution in [3.05, 3.63) is 77.1 Å². The smallest absolute Gasteiger partial charge is 0.163 e. The van der Waals surface area contributed by atoms with Gasteiger partial charge in [0.05, 0.1) is 26.3 Å². The lowest BCUT2D eigenvalue weighted by atomic mass is 9.81. The summed E-state index contributed by atoms with van der Waals surface area (Å²) in [6, 6.07) is 17.1. The fraction of sp³-hybridized carbons (Fsp3) is 0.333. The standard InChI is InChI=1S/C27H28FN3O4/c1-32-22-7-6-17(11-23(22)33-2)26-20-15-31(14-16-4-3-5-18(28)10-16)21-13-25-24(34-8-9-35-25)12-19(21)27(20)30-29-26/h3-7,10-13,20,26-27,29-30H,8-9,14-15H2,1-2H3. The summed E-state index contributed by atoms with van der Waals surface area (Å²) in [5.41, 5.74) is 11.3. The van der Waals surface area contributed by atoms with Crippen LogP contribution in [0.4, 0.5) is 10.1 Å². The van der Waals surface area contributed by atoms with Crippen LogP contribution in [0, 0.1) is 11.7 Å². The van der Waals surface area contributed by atoms with E-state index in [1.807, 2.05) is 18.2 Å². The largest absolute Gasteiger partial charge is 0.493 e. The van der Waals surface area contributed by atoms with Gasteiger partial charge in [0.1, 0.15) is 19.0 Å². The lowest BCUT2D eigenvalue weighted by Gasteiger charge is -2.40. The van der Waals surface area contributed by atoms with Crippen LogP contribution in [-0.2, 0) is 6.54 Å². The molecule has 2 N–H and O–H groups in total. The van der Waals surface area contributed by atoms with Gasteiger partial charge in [0.25, 0.3) is 0 Å². The van der Waals surface area contributed by atoms with Gasteiger partial charge in [-0.15, -0.1) is 0 Å². The molecule has 0 aromatic heterocycles. The minimum Gasteiger partial charge on any atom is -0.493 e. The number of nitrogens with one attached hydrogen (secondary N) is 2. The Hall–Kier alpha value is -3.49. The summed E-state index contributed by atoms with van der Waals surface area (Å²) in [5, 5.41) is 0. The quantitative estimate of drug-likeness (QED) is 0.573. The van der Waals surface area contributed by atoms with Crippen molar-refractivity contribution in [2.45, 2.75) is 18.6 Å². The zero-order valence-corrected chi connectivity index (χ0v) is 19.7.